The molecule has 2 aromatic heterocycles. The van der Waals surface area contributed by atoms with Gasteiger partial charge in [-0.2, -0.15) is 5.10 Å². The zero-order chi connectivity index (χ0) is 15.1. The highest BCUT2D eigenvalue weighted by Crippen LogP contribution is 2.24. The number of nitrogens with one attached hydrogen (secondary N) is 1. The summed E-state index contributed by atoms with van der Waals surface area (Å²) in [6.45, 7) is 1.48. The van der Waals surface area contributed by atoms with Crippen molar-refractivity contribution in [1.82, 2.24) is 19.7 Å². The van der Waals surface area contributed by atoms with E-state index in [9.17, 15) is 4.79 Å². The van der Waals surface area contributed by atoms with E-state index in [1.807, 2.05) is 46.2 Å². The maximum atomic E-state index is 12.7. The van der Waals surface area contributed by atoms with Gasteiger partial charge in [0.1, 0.15) is 0 Å². The average Bonchev–Trinajstić information content (AvgIpc) is 3.25. The summed E-state index contributed by atoms with van der Waals surface area (Å²) in [6.07, 6.45) is 6.57. The molecule has 1 atom stereocenters. The lowest BCUT2D eigenvalue weighted by molar-refractivity contribution is 0.0787. The van der Waals surface area contributed by atoms with Crippen molar-refractivity contribution in [2.75, 3.05) is 13.1 Å². The summed E-state index contributed by atoms with van der Waals surface area (Å²) >= 11 is 3.41. The first kappa shape index (κ1) is 13.6. The van der Waals surface area contributed by atoms with Crippen LogP contribution in [0.3, 0.4) is 0 Å². The number of fused-ring (bicyclic) bond motifs is 1. The molecule has 1 aliphatic heterocycles. The number of carbonyl (C=O) groups excluding carboxylic acids is 1. The van der Waals surface area contributed by atoms with Crippen LogP contribution in [0.2, 0.25) is 0 Å². The van der Waals surface area contributed by atoms with Crippen LogP contribution in [0, 0.1) is 0 Å². The number of hydrogen-bond acceptors (Lipinski definition) is 2. The van der Waals surface area contributed by atoms with Crippen LogP contribution in [0.5, 0.6) is 0 Å². The maximum absolute atomic E-state index is 12.7. The second kappa shape index (κ2) is 5.28. The zero-order valence-corrected chi connectivity index (χ0v) is 13.5. The van der Waals surface area contributed by atoms with Gasteiger partial charge in [0.25, 0.3) is 5.91 Å². The predicted octanol–water partition coefficient (Wildman–Crippen LogP) is 3.21. The van der Waals surface area contributed by atoms with Crippen molar-refractivity contribution in [2.24, 2.45) is 0 Å². The molecule has 1 fully saturated rings. The van der Waals surface area contributed by atoms with E-state index in [4.69, 9.17) is 0 Å². The van der Waals surface area contributed by atoms with Crippen molar-refractivity contribution >= 4 is 32.7 Å². The highest BCUT2D eigenvalue weighted by atomic mass is 79.9. The van der Waals surface area contributed by atoms with Crippen LogP contribution in [-0.2, 0) is 0 Å². The van der Waals surface area contributed by atoms with Crippen molar-refractivity contribution in [2.45, 2.75) is 12.5 Å². The van der Waals surface area contributed by atoms with E-state index in [2.05, 4.69) is 26.0 Å². The number of rotatable bonds is 2. The molecule has 5 nitrogen and oxygen atoms in total. The first-order valence-corrected chi connectivity index (χ1v) is 8.06. The summed E-state index contributed by atoms with van der Waals surface area (Å²) in [5, 5.41) is 5.39. The lowest BCUT2D eigenvalue weighted by Gasteiger charge is -2.17. The van der Waals surface area contributed by atoms with E-state index in [1.165, 1.54) is 0 Å². The summed E-state index contributed by atoms with van der Waals surface area (Å²) in [4.78, 5) is 17.7. The number of hydrogen-bond donors (Lipinski definition) is 1. The van der Waals surface area contributed by atoms with Crippen LogP contribution in [0.4, 0.5) is 0 Å². The third-order valence-electron chi connectivity index (χ3n) is 4.19. The third kappa shape index (κ3) is 2.33. The number of likely N-dealkylation sites (tertiary alicyclic amines) is 1. The molecule has 1 N–H and O–H groups in total. The van der Waals surface area contributed by atoms with E-state index >= 15 is 0 Å². The molecule has 0 aliphatic carbocycles. The van der Waals surface area contributed by atoms with Gasteiger partial charge in [0.2, 0.25) is 0 Å². The minimum Gasteiger partial charge on any atom is -0.361 e. The second-order valence-electron chi connectivity index (χ2n) is 5.61. The van der Waals surface area contributed by atoms with Crippen molar-refractivity contribution in [3.8, 4) is 0 Å². The molecule has 112 valence electrons. The summed E-state index contributed by atoms with van der Waals surface area (Å²) in [6, 6.07) is 8.04. The number of aromatic nitrogens is 3. The van der Waals surface area contributed by atoms with E-state index < -0.39 is 0 Å². The summed E-state index contributed by atoms with van der Waals surface area (Å²) < 4.78 is 2.90. The van der Waals surface area contributed by atoms with Crippen LogP contribution < -0.4 is 0 Å². The Labute approximate surface area is 136 Å². The smallest absolute Gasteiger partial charge is 0.253 e. The molecule has 22 heavy (non-hydrogen) atoms. The Morgan fingerprint density at radius 3 is 3.09 bits per heavy atom. The van der Waals surface area contributed by atoms with Crippen molar-refractivity contribution in [3.63, 3.8) is 0 Å². The largest absolute Gasteiger partial charge is 0.361 e. The van der Waals surface area contributed by atoms with Gasteiger partial charge in [-0.25, -0.2) is 0 Å². The van der Waals surface area contributed by atoms with Gasteiger partial charge >= 0.3 is 0 Å². The quantitative estimate of drug-likeness (QED) is 0.764. The molecule has 3 heterocycles. The monoisotopic (exact) mass is 358 g/mol. The minimum atomic E-state index is 0.0943. The van der Waals surface area contributed by atoms with Gasteiger partial charge in [0.05, 0.1) is 16.7 Å². The SMILES string of the molecule is O=C(c1ccc2[nH]ccc2c1)N1CCC(n2cc(Br)cn2)C1. The topological polar surface area (TPSA) is 53.9 Å². The molecule has 6 heteroatoms. The summed E-state index contributed by atoms with van der Waals surface area (Å²) in [7, 11) is 0. The minimum absolute atomic E-state index is 0.0943. The van der Waals surface area contributed by atoms with E-state index in [-0.39, 0.29) is 11.9 Å². The number of benzene rings is 1. The standard InChI is InChI=1S/C16H15BrN4O/c17-13-8-19-21(9-13)14-4-6-20(10-14)16(22)12-1-2-15-11(7-12)3-5-18-15/h1-3,5,7-9,14,18H,4,6,10H2. The molecule has 1 amide bonds. The van der Waals surface area contributed by atoms with Gasteiger partial charge in [-0.3, -0.25) is 9.48 Å². The Bertz CT molecular complexity index is 837. The Morgan fingerprint density at radius 2 is 2.27 bits per heavy atom. The Hall–Kier alpha value is -2.08. The Kier molecular flexibility index (Phi) is 3.26. The number of carbonyl (C=O) groups is 1. The maximum Gasteiger partial charge on any atom is 0.253 e. The lowest BCUT2D eigenvalue weighted by atomic mass is 10.1. The average molecular weight is 359 g/mol. The fourth-order valence-electron chi connectivity index (χ4n) is 3.03. The highest BCUT2D eigenvalue weighted by molar-refractivity contribution is 9.10. The van der Waals surface area contributed by atoms with Crippen LogP contribution in [0.25, 0.3) is 10.9 Å². The summed E-state index contributed by atoms with van der Waals surface area (Å²) in [5.74, 6) is 0.0943. The van der Waals surface area contributed by atoms with Gasteiger partial charge in [0, 0.05) is 41.9 Å². The van der Waals surface area contributed by atoms with Gasteiger partial charge in [-0.15, -0.1) is 0 Å². The molecule has 1 aliphatic rings. The molecular formula is C16H15BrN4O. The first-order chi connectivity index (χ1) is 10.7. The molecular weight excluding hydrogens is 344 g/mol. The molecule has 1 unspecified atom stereocenters. The molecule has 3 aromatic rings. The normalized spacial score (nSPS) is 18.2. The molecule has 0 spiro atoms. The first-order valence-electron chi connectivity index (χ1n) is 7.27. The van der Waals surface area contributed by atoms with Crippen molar-refractivity contribution < 1.29 is 4.79 Å². The molecule has 0 bridgehead atoms. The van der Waals surface area contributed by atoms with E-state index in [1.54, 1.807) is 6.20 Å². The molecule has 1 aromatic carbocycles. The van der Waals surface area contributed by atoms with Crippen molar-refractivity contribution in [1.29, 1.82) is 0 Å². The molecule has 1 saturated heterocycles. The Balaban J connectivity index is 1.53. The zero-order valence-electron chi connectivity index (χ0n) is 11.9. The van der Waals surface area contributed by atoms with Crippen LogP contribution in [-0.4, -0.2) is 38.7 Å². The van der Waals surface area contributed by atoms with Crippen LogP contribution >= 0.6 is 15.9 Å². The predicted molar refractivity (Wildman–Crippen MR) is 87.8 cm³/mol. The van der Waals surface area contributed by atoms with Gasteiger partial charge in [-0.05, 0) is 46.6 Å². The second-order valence-corrected chi connectivity index (χ2v) is 6.53. The summed E-state index contributed by atoms with van der Waals surface area (Å²) in [5.41, 5.74) is 1.80. The van der Waals surface area contributed by atoms with Crippen molar-refractivity contribution in [3.05, 3.63) is 52.9 Å². The molecule has 0 saturated carbocycles. The van der Waals surface area contributed by atoms with Crippen LogP contribution in [0.15, 0.2) is 47.3 Å². The third-order valence-corrected chi connectivity index (χ3v) is 4.60. The van der Waals surface area contributed by atoms with E-state index in [0.717, 1.165) is 33.9 Å². The number of H-pyrrole nitrogens is 1. The number of nitrogens with zero attached hydrogens (tertiary/aromatic N) is 3. The number of amides is 1. The number of aromatic amines is 1. The fraction of sp³-hybridized carbons (Fsp3) is 0.250. The van der Waals surface area contributed by atoms with Crippen LogP contribution in [0.1, 0.15) is 22.8 Å². The highest BCUT2D eigenvalue weighted by Gasteiger charge is 2.28. The lowest BCUT2D eigenvalue weighted by Crippen LogP contribution is -2.29. The van der Waals surface area contributed by atoms with Gasteiger partial charge in [0.15, 0.2) is 0 Å². The molecule has 4 rings (SSSR count). The Morgan fingerprint density at radius 1 is 1.36 bits per heavy atom. The fourth-order valence-corrected chi connectivity index (χ4v) is 3.33. The number of halogens is 1. The van der Waals surface area contributed by atoms with Gasteiger partial charge in [-0.1, -0.05) is 0 Å². The molecule has 0 radical (unpaired) electrons. The van der Waals surface area contributed by atoms with Gasteiger partial charge < -0.3 is 9.88 Å². The van der Waals surface area contributed by atoms with E-state index in [0.29, 0.717) is 6.54 Å².